The molecular weight excluding hydrogens is 332 g/mol. The number of ether oxygens (including phenoxy) is 1. The molecule has 3 rings (SSSR count). The average Bonchev–Trinajstić information content (AvgIpc) is 3.03. The van der Waals surface area contributed by atoms with Gasteiger partial charge in [0.2, 0.25) is 5.91 Å². The van der Waals surface area contributed by atoms with E-state index >= 15 is 0 Å². The minimum Gasteiger partial charge on any atom is -0.480 e. The summed E-state index contributed by atoms with van der Waals surface area (Å²) in [6.45, 7) is 5.39. The Morgan fingerprint density at radius 3 is 2.12 bits per heavy atom. The number of carbonyl (C=O) groups is 2. The highest BCUT2D eigenvalue weighted by molar-refractivity contribution is 6.02. The fourth-order valence-electron chi connectivity index (χ4n) is 4.73. The number of nitrogens with zero attached hydrogens (tertiary/aromatic N) is 2. The fraction of sp³-hybridized carbons (Fsp3) is 0.900. The lowest BCUT2D eigenvalue weighted by Gasteiger charge is -2.38. The molecular formula is C20H34N2O4. The van der Waals surface area contributed by atoms with Gasteiger partial charge in [0.25, 0.3) is 0 Å². The van der Waals surface area contributed by atoms with Crippen molar-refractivity contribution in [2.45, 2.75) is 70.3 Å². The van der Waals surface area contributed by atoms with Gasteiger partial charge in [-0.15, -0.1) is 0 Å². The summed E-state index contributed by atoms with van der Waals surface area (Å²) in [4.78, 5) is 29.3. The molecule has 26 heavy (non-hydrogen) atoms. The predicted molar refractivity (Wildman–Crippen MR) is 99.0 cm³/mol. The van der Waals surface area contributed by atoms with Gasteiger partial charge in [-0.25, -0.2) is 0 Å². The van der Waals surface area contributed by atoms with Gasteiger partial charge in [0.05, 0.1) is 12.7 Å². The zero-order valence-corrected chi connectivity index (χ0v) is 16.0. The van der Waals surface area contributed by atoms with Crippen LogP contribution in [0.3, 0.4) is 0 Å². The van der Waals surface area contributed by atoms with E-state index in [4.69, 9.17) is 4.74 Å². The Balaban J connectivity index is 1.46. The summed E-state index contributed by atoms with van der Waals surface area (Å²) >= 11 is 0. The van der Waals surface area contributed by atoms with Crippen molar-refractivity contribution in [3.05, 3.63) is 0 Å². The molecule has 1 N–H and O–H groups in total. The van der Waals surface area contributed by atoms with Crippen LogP contribution in [-0.4, -0.2) is 72.2 Å². The fourth-order valence-corrected chi connectivity index (χ4v) is 4.73. The van der Waals surface area contributed by atoms with Crippen molar-refractivity contribution in [1.29, 1.82) is 0 Å². The third-order valence-electron chi connectivity index (χ3n) is 6.46. The van der Waals surface area contributed by atoms with Crippen LogP contribution in [0.2, 0.25) is 0 Å². The molecule has 0 aromatic carbocycles. The van der Waals surface area contributed by atoms with E-state index in [2.05, 4.69) is 4.90 Å². The molecule has 0 unspecified atom stereocenters. The highest BCUT2D eigenvalue weighted by Crippen LogP contribution is 2.38. The quantitative estimate of drug-likeness (QED) is 0.578. The Morgan fingerprint density at radius 1 is 0.923 bits per heavy atom. The van der Waals surface area contributed by atoms with E-state index in [9.17, 15) is 14.7 Å². The average molecular weight is 367 g/mol. The van der Waals surface area contributed by atoms with Crippen LogP contribution in [0.4, 0.5) is 0 Å². The van der Waals surface area contributed by atoms with Crippen LogP contribution in [0.15, 0.2) is 0 Å². The molecule has 0 spiro atoms. The van der Waals surface area contributed by atoms with Gasteiger partial charge < -0.3 is 19.6 Å². The summed E-state index contributed by atoms with van der Waals surface area (Å²) in [5.41, 5.74) is -1.18. The molecule has 1 aliphatic carbocycles. The first-order chi connectivity index (χ1) is 12.6. The van der Waals surface area contributed by atoms with Crippen molar-refractivity contribution in [3.63, 3.8) is 0 Å². The van der Waals surface area contributed by atoms with E-state index in [0.29, 0.717) is 25.9 Å². The lowest BCUT2D eigenvalue weighted by molar-refractivity contribution is -0.163. The van der Waals surface area contributed by atoms with Crippen LogP contribution in [-0.2, 0) is 14.3 Å². The minimum atomic E-state index is -1.18. The van der Waals surface area contributed by atoms with Crippen molar-refractivity contribution in [2.24, 2.45) is 5.41 Å². The Kier molecular flexibility index (Phi) is 6.92. The first-order valence-corrected chi connectivity index (χ1v) is 10.5. The second-order valence-electron chi connectivity index (χ2n) is 8.21. The number of carboxylic acid groups (broad SMARTS) is 1. The molecule has 3 aliphatic rings. The number of hydrogen-bond acceptors (Lipinski definition) is 4. The van der Waals surface area contributed by atoms with Crippen molar-refractivity contribution in [2.75, 3.05) is 39.3 Å². The minimum absolute atomic E-state index is 0.151. The molecule has 1 saturated carbocycles. The lowest BCUT2D eigenvalue weighted by Crippen LogP contribution is -2.51. The predicted octanol–water partition coefficient (Wildman–Crippen LogP) is 2.52. The third-order valence-corrected chi connectivity index (χ3v) is 6.46. The molecule has 0 atom stereocenters. The number of hydrogen-bond donors (Lipinski definition) is 1. The Hall–Kier alpha value is -1.14. The van der Waals surface area contributed by atoms with Gasteiger partial charge in [-0.05, 0) is 51.6 Å². The van der Waals surface area contributed by atoms with Crippen molar-refractivity contribution in [1.82, 2.24) is 9.80 Å². The van der Waals surface area contributed by atoms with Crippen LogP contribution < -0.4 is 0 Å². The summed E-state index contributed by atoms with van der Waals surface area (Å²) in [7, 11) is 0. The number of likely N-dealkylation sites (tertiary alicyclic amines) is 2. The van der Waals surface area contributed by atoms with E-state index in [1.807, 2.05) is 0 Å². The van der Waals surface area contributed by atoms with E-state index in [1.54, 1.807) is 4.90 Å². The normalized spacial score (nSPS) is 25.2. The molecule has 148 valence electrons. The number of carboxylic acids is 1. The number of piperidine rings is 1. The molecule has 0 bridgehead atoms. The van der Waals surface area contributed by atoms with Gasteiger partial charge in [0, 0.05) is 19.6 Å². The second kappa shape index (κ2) is 9.18. The Bertz CT molecular complexity index is 474. The van der Waals surface area contributed by atoms with E-state index < -0.39 is 11.4 Å². The number of aliphatic carboxylic acids is 1. The maximum absolute atomic E-state index is 13.1. The maximum atomic E-state index is 13.1. The summed E-state index contributed by atoms with van der Waals surface area (Å²) < 4.78 is 6.02. The SMILES string of the molecule is O=C(O)C1(C(=O)N2CCC(OCCN3CCCC3)CC2)CCCCCC1. The molecule has 0 radical (unpaired) electrons. The molecule has 2 saturated heterocycles. The van der Waals surface area contributed by atoms with Crippen LogP contribution in [0.1, 0.15) is 64.2 Å². The van der Waals surface area contributed by atoms with Crippen molar-refractivity contribution < 1.29 is 19.4 Å². The lowest BCUT2D eigenvalue weighted by atomic mass is 9.78. The standard InChI is InChI=1S/C20H34N2O4/c23-18(20(19(24)25)9-3-1-2-4-10-20)22-13-7-17(8-14-22)26-16-15-21-11-5-6-12-21/h17H,1-16H2,(H,24,25). The van der Waals surface area contributed by atoms with E-state index in [0.717, 1.165) is 51.7 Å². The molecule has 0 aromatic heterocycles. The Morgan fingerprint density at radius 2 is 1.54 bits per heavy atom. The first-order valence-electron chi connectivity index (χ1n) is 10.5. The van der Waals surface area contributed by atoms with Crippen LogP contribution in [0.25, 0.3) is 0 Å². The highest BCUT2D eigenvalue weighted by atomic mass is 16.5. The largest absolute Gasteiger partial charge is 0.480 e. The molecule has 2 heterocycles. The van der Waals surface area contributed by atoms with E-state index in [-0.39, 0.29) is 12.0 Å². The van der Waals surface area contributed by atoms with Gasteiger partial charge in [-0.2, -0.15) is 0 Å². The van der Waals surface area contributed by atoms with Gasteiger partial charge in [-0.3, -0.25) is 9.59 Å². The number of carbonyl (C=O) groups excluding carboxylic acids is 1. The molecule has 6 nitrogen and oxygen atoms in total. The molecule has 3 fully saturated rings. The molecule has 1 amide bonds. The first kappa shape index (κ1) is 19.6. The summed E-state index contributed by atoms with van der Waals surface area (Å²) in [6.07, 6.45) is 9.19. The van der Waals surface area contributed by atoms with Gasteiger partial charge in [0.1, 0.15) is 5.41 Å². The van der Waals surface area contributed by atoms with Gasteiger partial charge in [0.15, 0.2) is 0 Å². The smallest absolute Gasteiger partial charge is 0.319 e. The highest BCUT2D eigenvalue weighted by Gasteiger charge is 2.48. The van der Waals surface area contributed by atoms with Crippen LogP contribution in [0, 0.1) is 5.41 Å². The van der Waals surface area contributed by atoms with Crippen LogP contribution in [0.5, 0.6) is 0 Å². The van der Waals surface area contributed by atoms with Crippen LogP contribution >= 0.6 is 0 Å². The summed E-state index contributed by atoms with van der Waals surface area (Å²) in [5.74, 6) is -1.07. The van der Waals surface area contributed by atoms with Gasteiger partial charge >= 0.3 is 5.97 Å². The number of rotatable bonds is 6. The summed E-state index contributed by atoms with van der Waals surface area (Å²) in [6, 6.07) is 0. The zero-order chi connectivity index (χ0) is 18.4. The topological polar surface area (TPSA) is 70.1 Å². The van der Waals surface area contributed by atoms with Crippen molar-refractivity contribution in [3.8, 4) is 0 Å². The number of amides is 1. The third kappa shape index (κ3) is 4.58. The van der Waals surface area contributed by atoms with E-state index in [1.165, 1.54) is 25.9 Å². The Labute approximate surface area is 156 Å². The maximum Gasteiger partial charge on any atom is 0.319 e. The summed E-state index contributed by atoms with van der Waals surface area (Å²) in [5, 5.41) is 9.81. The van der Waals surface area contributed by atoms with Crippen molar-refractivity contribution >= 4 is 11.9 Å². The monoisotopic (exact) mass is 366 g/mol. The molecule has 2 aliphatic heterocycles. The van der Waals surface area contributed by atoms with Gasteiger partial charge in [-0.1, -0.05) is 25.7 Å². The zero-order valence-electron chi connectivity index (χ0n) is 16.0. The molecule has 6 heteroatoms. The molecule has 0 aromatic rings. The second-order valence-corrected chi connectivity index (χ2v) is 8.21.